The predicted octanol–water partition coefficient (Wildman–Crippen LogP) is 9.82. The zero-order chi connectivity index (χ0) is 38.2. The van der Waals surface area contributed by atoms with Gasteiger partial charge in [-0.15, -0.1) is 0 Å². The van der Waals surface area contributed by atoms with Gasteiger partial charge in [0.2, 0.25) is 0 Å². The zero-order valence-electron chi connectivity index (χ0n) is 34.0. The van der Waals surface area contributed by atoms with E-state index in [1.165, 1.54) is 32.6 Å². The number of hydrogen-bond acceptors (Lipinski definition) is 6. The average molecular weight is 728 g/mol. The van der Waals surface area contributed by atoms with E-state index in [9.17, 15) is 15.6 Å². The van der Waals surface area contributed by atoms with Crippen LogP contribution in [0.5, 0.6) is 0 Å². The number of piperidine rings is 3. The Balaban J connectivity index is 1.33. The van der Waals surface area contributed by atoms with E-state index in [1.807, 2.05) is 0 Å². The molecule has 284 valence electrons. The molecule has 6 rings (SSSR count). The molecule has 0 atom stereocenters. The molecule has 3 fully saturated rings. The Morgan fingerprint density at radius 3 is 0.712 bits per heavy atom. The maximum atomic E-state index is 10.9. The van der Waals surface area contributed by atoms with Crippen molar-refractivity contribution in [3.8, 4) is 0 Å². The fourth-order valence-corrected chi connectivity index (χ4v) is 12.9. The van der Waals surface area contributed by atoms with Crippen LogP contribution in [0.4, 0.5) is 0 Å². The zero-order valence-corrected chi connectivity index (χ0v) is 34.9. The second kappa shape index (κ2) is 13.6. The molecule has 0 aliphatic carbocycles. The maximum absolute atomic E-state index is 10.9. The molecule has 7 heteroatoms. The number of benzene rings is 3. The summed E-state index contributed by atoms with van der Waals surface area (Å²) in [6.45, 7) is 25.7. The Morgan fingerprint density at radius 2 is 0.538 bits per heavy atom. The van der Waals surface area contributed by atoms with Crippen molar-refractivity contribution < 1.29 is 15.6 Å². The SMILES string of the molecule is CC1(C)CC(c2ccc(P(c3ccc(C4CC(C)(C)N(O)C(C)(C)C4)cc3)c3ccc(C4CC(C)(C)N(O)C(C)(C)C4)cc3)cc2)CC(C)(C)N1O. The van der Waals surface area contributed by atoms with Gasteiger partial charge in [-0.2, -0.15) is 15.2 Å². The summed E-state index contributed by atoms with van der Waals surface area (Å²) in [4.78, 5) is 0. The Hall–Kier alpha value is -2.15. The van der Waals surface area contributed by atoms with Crippen molar-refractivity contribution in [3.05, 3.63) is 89.5 Å². The van der Waals surface area contributed by atoms with Crippen LogP contribution in [0.2, 0.25) is 0 Å². The highest BCUT2D eigenvalue weighted by atomic mass is 31.1. The van der Waals surface area contributed by atoms with Crippen molar-refractivity contribution in [1.82, 2.24) is 15.2 Å². The summed E-state index contributed by atoms with van der Waals surface area (Å²) >= 11 is 0. The van der Waals surface area contributed by atoms with Crippen LogP contribution in [0.25, 0.3) is 0 Å². The molecule has 0 aromatic heterocycles. The first-order valence-electron chi connectivity index (χ1n) is 19.5. The van der Waals surface area contributed by atoms with Crippen molar-refractivity contribution in [1.29, 1.82) is 0 Å². The smallest absolute Gasteiger partial charge is 0.0416 e. The van der Waals surface area contributed by atoms with Crippen LogP contribution in [0.15, 0.2) is 72.8 Å². The molecular weight excluding hydrogens is 661 g/mol. The summed E-state index contributed by atoms with van der Waals surface area (Å²) in [5.41, 5.74) is 2.28. The van der Waals surface area contributed by atoms with Gasteiger partial charge in [0.15, 0.2) is 0 Å². The molecule has 3 aromatic rings. The number of rotatable bonds is 6. The molecule has 0 spiro atoms. The highest BCUT2D eigenvalue weighted by Crippen LogP contribution is 2.48. The van der Waals surface area contributed by atoms with Gasteiger partial charge in [-0.05, 0) is 180 Å². The van der Waals surface area contributed by atoms with Gasteiger partial charge < -0.3 is 15.6 Å². The van der Waals surface area contributed by atoms with Gasteiger partial charge in [-0.1, -0.05) is 72.8 Å². The molecule has 3 aliphatic heterocycles. The first-order chi connectivity index (χ1) is 23.9. The van der Waals surface area contributed by atoms with Gasteiger partial charge in [-0.25, -0.2) is 0 Å². The highest BCUT2D eigenvalue weighted by molar-refractivity contribution is 7.79. The van der Waals surface area contributed by atoms with Crippen molar-refractivity contribution in [2.24, 2.45) is 0 Å². The Labute approximate surface area is 315 Å². The largest absolute Gasteiger partial charge is 0.313 e. The summed E-state index contributed by atoms with van der Waals surface area (Å²) in [5, 5.41) is 41.5. The number of hydrogen-bond donors (Lipinski definition) is 3. The fourth-order valence-electron chi connectivity index (χ4n) is 10.7. The molecule has 0 amide bonds. The number of hydroxylamine groups is 6. The van der Waals surface area contributed by atoms with Gasteiger partial charge in [0, 0.05) is 33.2 Å². The summed E-state index contributed by atoms with van der Waals surface area (Å²) in [5.74, 6) is 1.14. The van der Waals surface area contributed by atoms with Crippen LogP contribution in [0.1, 0.15) is 156 Å². The van der Waals surface area contributed by atoms with Crippen LogP contribution >= 0.6 is 7.92 Å². The Kier molecular flexibility index (Phi) is 10.3. The Morgan fingerprint density at radius 1 is 0.365 bits per heavy atom. The summed E-state index contributed by atoms with van der Waals surface area (Å²) in [6, 6.07) is 28.2. The van der Waals surface area contributed by atoms with E-state index in [0.717, 1.165) is 38.5 Å². The second-order valence-electron chi connectivity index (χ2n) is 20.2. The average Bonchev–Trinajstić information content (AvgIpc) is 3.05. The predicted molar refractivity (Wildman–Crippen MR) is 216 cm³/mol. The first kappa shape index (κ1) is 39.5. The molecule has 3 N–H and O–H groups in total. The molecule has 3 aliphatic rings. The fraction of sp³-hybridized carbons (Fsp3) is 0.600. The lowest BCUT2D eigenvalue weighted by molar-refractivity contribution is -0.245. The van der Waals surface area contributed by atoms with Gasteiger partial charge in [0.25, 0.3) is 0 Å². The maximum Gasteiger partial charge on any atom is 0.0416 e. The third kappa shape index (κ3) is 7.56. The molecule has 0 saturated carbocycles. The molecule has 0 bridgehead atoms. The standard InChI is InChI=1S/C45H66N3O3P/c1-40(2)25-34(26-41(3,4)46(40)49)31-13-19-37(20-14-31)52(38-21-15-32(16-22-38)35-27-42(5,6)47(50)43(7,8)28-35)39-23-17-33(18-24-39)36-29-44(9,10)48(51)45(11,12)30-36/h13-24,34-36,49-51H,25-30H2,1-12H3. The van der Waals surface area contributed by atoms with Crippen molar-refractivity contribution in [3.63, 3.8) is 0 Å². The van der Waals surface area contributed by atoms with E-state index >= 15 is 0 Å². The Bertz CT molecular complexity index is 1450. The molecule has 52 heavy (non-hydrogen) atoms. The molecular formula is C45H66N3O3P. The van der Waals surface area contributed by atoms with Gasteiger partial charge in [0.1, 0.15) is 0 Å². The van der Waals surface area contributed by atoms with E-state index < -0.39 is 7.92 Å². The molecule has 3 saturated heterocycles. The second-order valence-corrected chi connectivity index (χ2v) is 22.5. The topological polar surface area (TPSA) is 70.4 Å². The lowest BCUT2D eigenvalue weighted by Crippen LogP contribution is -2.58. The lowest BCUT2D eigenvalue weighted by atomic mass is 9.73. The van der Waals surface area contributed by atoms with Crippen LogP contribution in [-0.4, -0.2) is 64.0 Å². The molecule has 0 unspecified atom stereocenters. The lowest BCUT2D eigenvalue weighted by Gasteiger charge is -2.51. The monoisotopic (exact) mass is 727 g/mol. The van der Waals surface area contributed by atoms with E-state index in [2.05, 4.69) is 156 Å². The molecule has 3 heterocycles. The minimum absolute atomic E-state index is 0.294. The van der Waals surface area contributed by atoms with E-state index in [-0.39, 0.29) is 33.2 Å². The van der Waals surface area contributed by atoms with E-state index in [1.54, 1.807) is 15.2 Å². The van der Waals surface area contributed by atoms with Crippen molar-refractivity contribution in [2.45, 2.75) is 173 Å². The molecule has 0 radical (unpaired) electrons. The van der Waals surface area contributed by atoms with Crippen LogP contribution < -0.4 is 15.9 Å². The summed E-state index contributed by atoms with van der Waals surface area (Å²) in [7, 11) is -0.815. The van der Waals surface area contributed by atoms with Gasteiger partial charge in [0.05, 0.1) is 0 Å². The van der Waals surface area contributed by atoms with Crippen LogP contribution in [-0.2, 0) is 0 Å². The first-order valence-corrected chi connectivity index (χ1v) is 20.9. The minimum atomic E-state index is -0.815. The van der Waals surface area contributed by atoms with E-state index in [0.29, 0.717) is 17.8 Å². The van der Waals surface area contributed by atoms with Gasteiger partial charge >= 0.3 is 0 Å². The van der Waals surface area contributed by atoms with Crippen molar-refractivity contribution in [2.75, 3.05) is 0 Å². The van der Waals surface area contributed by atoms with E-state index in [4.69, 9.17) is 0 Å². The third-order valence-electron chi connectivity index (χ3n) is 12.8. The number of nitrogens with zero attached hydrogens (tertiary/aromatic N) is 3. The van der Waals surface area contributed by atoms with Crippen LogP contribution in [0.3, 0.4) is 0 Å². The normalized spacial score (nSPS) is 25.4. The van der Waals surface area contributed by atoms with Gasteiger partial charge in [-0.3, -0.25) is 0 Å². The van der Waals surface area contributed by atoms with Crippen molar-refractivity contribution >= 4 is 23.8 Å². The summed E-state index contributed by atoms with van der Waals surface area (Å²) in [6.07, 6.45) is 5.47. The quantitative estimate of drug-likeness (QED) is 0.220. The van der Waals surface area contributed by atoms with Crippen LogP contribution in [0, 0.1) is 0 Å². The summed E-state index contributed by atoms with van der Waals surface area (Å²) < 4.78 is 0. The molecule has 3 aromatic carbocycles. The minimum Gasteiger partial charge on any atom is -0.313 e. The third-order valence-corrected chi connectivity index (χ3v) is 15.2. The molecule has 6 nitrogen and oxygen atoms in total. The highest BCUT2D eigenvalue weighted by Gasteiger charge is 2.47.